The van der Waals surface area contributed by atoms with Crippen LogP contribution >= 0.6 is 43.6 Å². The van der Waals surface area contributed by atoms with Crippen molar-refractivity contribution in [1.82, 2.24) is 0 Å². The van der Waals surface area contributed by atoms with Gasteiger partial charge >= 0.3 is 0 Å². The summed E-state index contributed by atoms with van der Waals surface area (Å²) >= 11 is 3.68. The van der Waals surface area contributed by atoms with Crippen LogP contribution in [0.5, 0.6) is 0 Å². The van der Waals surface area contributed by atoms with E-state index in [9.17, 15) is 19.2 Å². The topological polar surface area (TPSA) is 68.3 Å². The van der Waals surface area contributed by atoms with Crippen LogP contribution in [0.2, 0.25) is 0 Å². The van der Waals surface area contributed by atoms with Gasteiger partial charge in [0.1, 0.15) is 0 Å². The summed E-state index contributed by atoms with van der Waals surface area (Å²) in [7, 11) is -4.90. The molecule has 0 spiro atoms. The Balaban J connectivity index is 2.92. The van der Waals surface area contributed by atoms with Crippen molar-refractivity contribution in [3.05, 3.63) is 30.1 Å². The molecular formula is C10H8O4S4. The summed E-state index contributed by atoms with van der Waals surface area (Å²) < 4.78 is 0.884. The van der Waals surface area contributed by atoms with Gasteiger partial charge in [-0.25, -0.2) is 0 Å². The number of hydrogen-bond donors (Lipinski definition) is 0. The third-order valence-electron chi connectivity index (χ3n) is 2.80. The van der Waals surface area contributed by atoms with E-state index in [0.717, 1.165) is 11.8 Å². The van der Waals surface area contributed by atoms with Gasteiger partial charge in [0, 0.05) is 0 Å². The van der Waals surface area contributed by atoms with Crippen molar-refractivity contribution in [2.24, 2.45) is 0 Å². The Morgan fingerprint density at radius 2 is 1.28 bits per heavy atom. The summed E-state index contributed by atoms with van der Waals surface area (Å²) in [6, 6.07) is 0. The van der Waals surface area contributed by atoms with Gasteiger partial charge in [0.15, 0.2) is 22.5 Å². The number of thioether (sulfide) groups is 3. The summed E-state index contributed by atoms with van der Waals surface area (Å²) in [6.45, 7) is 0. The fraction of sp³-hybridized carbons (Fsp3) is 0. The summed E-state index contributed by atoms with van der Waals surface area (Å²) in [5, 5.41) is 6.20. The predicted molar refractivity (Wildman–Crippen MR) is 82.7 cm³/mol. The van der Waals surface area contributed by atoms with Gasteiger partial charge in [-0.1, -0.05) is 35.3 Å². The van der Waals surface area contributed by atoms with E-state index >= 15 is 0 Å². The molecule has 0 unspecified atom stereocenters. The molecule has 8 heteroatoms. The van der Waals surface area contributed by atoms with Crippen LogP contribution in [0, 0.1) is 0 Å². The second-order valence-electron chi connectivity index (χ2n) is 3.81. The Labute approximate surface area is 115 Å². The lowest BCUT2D eigenvalue weighted by molar-refractivity contribution is 0.558. The highest BCUT2D eigenvalue weighted by molar-refractivity contribution is 9.02. The summed E-state index contributed by atoms with van der Waals surface area (Å²) in [4.78, 5) is 46.6. The van der Waals surface area contributed by atoms with Crippen LogP contribution in [0.25, 0.3) is 0 Å². The maximum Gasteiger partial charge on any atom is 0.170 e. The molecule has 0 aromatic heterocycles. The molecular weight excluding hydrogens is 312 g/mol. The number of hydrogen-bond acceptors (Lipinski definition) is 7. The van der Waals surface area contributed by atoms with Gasteiger partial charge in [-0.2, -0.15) is 0 Å². The number of carbonyl (C=O) groups is 4. The largest absolute Gasteiger partial charge is 0.292 e. The highest BCUT2D eigenvalue weighted by atomic mass is 32.4. The molecule has 0 N–H and O–H groups in total. The third kappa shape index (κ3) is 1.29. The van der Waals surface area contributed by atoms with Crippen molar-refractivity contribution in [3.8, 4) is 0 Å². The first kappa shape index (κ1) is 13.7. The molecule has 0 atom stereocenters. The average molecular weight is 320 g/mol. The molecule has 0 saturated heterocycles. The molecule has 0 radical (unpaired) electrons. The van der Waals surface area contributed by atoms with Crippen molar-refractivity contribution >= 4 is 66.1 Å². The average Bonchev–Trinajstić information content (AvgIpc) is 3.07. The van der Waals surface area contributed by atoms with Crippen LogP contribution in [0.1, 0.15) is 0 Å². The van der Waals surface area contributed by atoms with Gasteiger partial charge in [0.25, 0.3) is 0 Å². The van der Waals surface area contributed by atoms with Crippen LogP contribution in [0.4, 0.5) is 0 Å². The van der Waals surface area contributed by atoms with Crippen molar-refractivity contribution in [1.29, 1.82) is 0 Å². The molecule has 2 rings (SSSR count). The fourth-order valence-electron chi connectivity index (χ4n) is 1.48. The third-order valence-corrected chi connectivity index (χ3v) is 12.4. The lowest BCUT2D eigenvalue weighted by atomic mass is 11.2. The molecule has 4 nitrogen and oxygen atoms in total. The van der Waals surface area contributed by atoms with Crippen LogP contribution in [0.15, 0.2) is 30.1 Å². The van der Waals surface area contributed by atoms with Crippen molar-refractivity contribution in [2.45, 2.75) is 0 Å². The predicted octanol–water partition coefficient (Wildman–Crippen LogP) is 2.92. The fourth-order valence-corrected chi connectivity index (χ4v) is 10.3. The molecule has 0 aromatic rings. The van der Waals surface area contributed by atoms with E-state index in [0.29, 0.717) is 4.24 Å². The molecule has 96 valence electrons. The minimum absolute atomic E-state index is 0.241. The quantitative estimate of drug-likeness (QED) is 0.738. The maximum atomic E-state index is 11.7. The molecule has 2 heterocycles. The highest BCUT2D eigenvalue weighted by Gasteiger charge is 2.67. The second kappa shape index (κ2) is 3.89. The first-order chi connectivity index (χ1) is 8.57. The van der Waals surface area contributed by atoms with Crippen molar-refractivity contribution in [2.75, 3.05) is 0 Å². The minimum Gasteiger partial charge on any atom is -0.292 e. The van der Waals surface area contributed by atoms with Crippen LogP contribution in [-0.4, -0.2) is 22.5 Å². The maximum absolute atomic E-state index is 11.7. The van der Waals surface area contributed by atoms with Crippen LogP contribution in [0.3, 0.4) is 0 Å². The summed E-state index contributed by atoms with van der Waals surface area (Å²) in [5.41, 5.74) is 0.965. The monoisotopic (exact) mass is 320 g/mol. The van der Waals surface area contributed by atoms with E-state index in [1.54, 1.807) is 10.8 Å². The zero-order valence-corrected chi connectivity index (χ0v) is 12.2. The normalized spacial score (nSPS) is 29.8. The zero-order chi connectivity index (χ0) is 13.3. The Morgan fingerprint density at radius 1 is 0.778 bits per heavy atom. The molecule has 0 aliphatic carbocycles. The lowest BCUT2D eigenvalue weighted by Gasteiger charge is -2.56. The van der Waals surface area contributed by atoms with E-state index in [1.165, 1.54) is 34.3 Å². The van der Waals surface area contributed by atoms with Gasteiger partial charge in [0.05, 0.1) is 8.47 Å². The first-order valence-corrected chi connectivity index (χ1v) is 9.97. The van der Waals surface area contributed by atoms with Gasteiger partial charge in [-0.15, -0.1) is 0 Å². The second-order valence-corrected chi connectivity index (χ2v) is 12.4. The molecule has 2 aliphatic heterocycles. The van der Waals surface area contributed by atoms with Crippen molar-refractivity contribution < 1.29 is 19.2 Å². The van der Waals surface area contributed by atoms with E-state index in [-0.39, 0.29) is 26.7 Å². The Morgan fingerprint density at radius 3 is 1.72 bits per heavy atom. The molecule has 0 bridgehead atoms. The lowest BCUT2D eigenvalue weighted by Crippen LogP contribution is -2.38. The Kier molecular flexibility index (Phi) is 2.97. The SMILES string of the molecule is O=CS1(C=O)(C=O)(C=O)C=CSC1=C1SC=CS1. The Bertz CT molecular complexity index is 515. The van der Waals surface area contributed by atoms with E-state index in [4.69, 9.17) is 0 Å². The minimum atomic E-state index is -4.90. The molecule has 0 aromatic carbocycles. The molecule has 0 saturated carbocycles. The van der Waals surface area contributed by atoms with Gasteiger partial charge in [-0.05, 0) is 29.9 Å². The molecule has 18 heavy (non-hydrogen) atoms. The first-order valence-electron chi connectivity index (χ1n) is 4.56. The van der Waals surface area contributed by atoms with Gasteiger partial charge < -0.3 is 0 Å². The smallest absolute Gasteiger partial charge is 0.170 e. The number of carbonyl (C=O) groups excluding carboxylic acids is 4. The van der Waals surface area contributed by atoms with E-state index in [2.05, 4.69) is 0 Å². The zero-order valence-electron chi connectivity index (χ0n) is 8.88. The van der Waals surface area contributed by atoms with Gasteiger partial charge in [0.2, 0.25) is 0 Å². The molecule has 0 amide bonds. The number of rotatable bonds is 4. The summed E-state index contributed by atoms with van der Waals surface area (Å²) in [6.07, 6.45) is 0. The van der Waals surface area contributed by atoms with E-state index in [1.807, 2.05) is 0 Å². The molecule has 0 fully saturated rings. The Hall–Kier alpha value is -0.700. The summed E-state index contributed by atoms with van der Waals surface area (Å²) in [5.74, 6) is 0. The highest BCUT2D eigenvalue weighted by Crippen LogP contribution is 2.93. The van der Waals surface area contributed by atoms with E-state index < -0.39 is 8.29 Å². The van der Waals surface area contributed by atoms with Crippen LogP contribution < -0.4 is 0 Å². The molecule has 2 aliphatic rings. The van der Waals surface area contributed by atoms with Crippen LogP contribution in [-0.2, 0) is 19.2 Å². The van der Waals surface area contributed by atoms with Gasteiger partial charge in [-0.3, -0.25) is 19.2 Å². The van der Waals surface area contributed by atoms with Crippen molar-refractivity contribution in [3.63, 3.8) is 0 Å². The standard InChI is InChI=1S/C10H8O4S4/c11-5-18(6-12,7-13,8-14)4-3-17-10(18)9-15-1-2-16-9/h1-8H.